The van der Waals surface area contributed by atoms with Crippen LogP contribution in [0.1, 0.15) is 13.8 Å². The van der Waals surface area contributed by atoms with Gasteiger partial charge in [0.05, 0.1) is 0 Å². The van der Waals surface area contributed by atoms with Gasteiger partial charge in [-0.2, -0.15) is 0 Å². The fraction of sp³-hybridized carbons (Fsp3) is 0.231. The zero-order valence-corrected chi connectivity index (χ0v) is 9.57. The third-order valence-electron chi connectivity index (χ3n) is 2.26. The van der Waals surface area contributed by atoms with Gasteiger partial charge in [0, 0.05) is 24.1 Å². The second kappa shape index (κ2) is 5.25. The topological polar surface area (TPSA) is 29.3 Å². The Labute approximate surface area is 91.7 Å². The second-order valence-corrected chi connectivity index (χ2v) is 3.61. The van der Waals surface area contributed by atoms with Gasteiger partial charge in [0.1, 0.15) is 0 Å². The van der Waals surface area contributed by atoms with E-state index in [1.807, 2.05) is 44.3 Å². The molecule has 0 fully saturated rings. The van der Waals surface area contributed by atoms with Crippen molar-refractivity contribution in [3.8, 4) is 0 Å². The molecule has 0 bridgehead atoms. The number of anilines is 1. The van der Waals surface area contributed by atoms with E-state index in [2.05, 4.69) is 24.0 Å². The van der Waals surface area contributed by atoms with E-state index in [1.165, 1.54) is 5.69 Å². The van der Waals surface area contributed by atoms with Gasteiger partial charge in [-0.15, -0.1) is 0 Å². The van der Waals surface area contributed by atoms with Crippen LogP contribution in [0.4, 0.5) is 5.69 Å². The lowest BCUT2D eigenvalue weighted by Crippen LogP contribution is -2.13. The average Bonchev–Trinajstić information content (AvgIpc) is 2.26. The molecule has 15 heavy (non-hydrogen) atoms. The molecule has 0 atom stereocenters. The molecule has 2 heteroatoms. The molecule has 0 aromatic heterocycles. The highest BCUT2D eigenvalue weighted by Gasteiger charge is 1.99. The maximum absolute atomic E-state index is 5.58. The fourth-order valence-corrected chi connectivity index (χ4v) is 1.22. The van der Waals surface area contributed by atoms with Crippen molar-refractivity contribution in [2.45, 2.75) is 13.8 Å². The zero-order valence-electron chi connectivity index (χ0n) is 9.57. The fourth-order valence-electron chi connectivity index (χ4n) is 1.22. The normalized spacial score (nSPS) is 12.7. The van der Waals surface area contributed by atoms with E-state index >= 15 is 0 Å². The number of allylic oxidation sites excluding steroid dienone is 4. The van der Waals surface area contributed by atoms with E-state index in [9.17, 15) is 0 Å². The van der Waals surface area contributed by atoms with Gasteiger partial charge >= 0.3 is 0 Å². The highest BCUT2D eigenvalue weighted by atomic mass is 15.1. The number of rotatable bonds is 3. The van der Waals surface area contributed by atoms with Crippen LogP contribution in [0, 0.1) is 0 Å². The molecule has 0 aliphatic carbocycles. The van der Waals surface area contributed by atoms with Crippen LogP contribution in [0.3, 0.4) is 0 Å². The van der Waals surface area contributed by atoms with Crippen LogP contribution in [0.25, 0.3) is 0 Å². The number of nitrogens with zero attached hydrogens (tertiary/aromatic N) is 1. The summed E-state index contributed by atoms with van der Waals surface area (Å²) in [6.45, 7) is 3.94. The molecule has 0 radical (unpaired) electrons. The Hall–Kier alpha value is -1.70. The van der Waals surface area contributed by atoms with E-state index in [0.29, 0.717) is 0 Å². The lowest BCUT2D eigenvalue weighted by atomic mass is 10.2. The molecule has 0 amide bonds. The summed E-state index contributed by atoms with van der Waals surface area (Å²) >= 11 is 0. The number of hydrogen-bond acceptors (Lipinski definition) is 2. The Bertz CT molecular complexity index is 359. The monoisotopic (exact) mass is 202 g/mol. The summed E-state index contributed by atoms with van der Waals surface area (Å²) < 4.78 is 0. The number of para-hydroxylation sites is 1. The van der Waals surface area contributed by atoms with E-state index in [4.69, 9.17) is 5.73 Å². The minimum atomic E-state index is 0.816. The molecule has 2 N–H and O–H groups in total. The van der Waals surface area contributed by atoms with Gasteiger partial charge in [-0.1, -0.05) is 18.2 Å². The van der Waals surface area contributed by atoms with Crippen LogP contribution in [-0.2, 0) is 0 Å². The maximum Gasteiger partial charge on any atom is 0.0405 e. The zero-order chi connectivity index (χ0) is 11.3. The van der Waals surface area contributed by atoms with E-state index in [-0.39, 0.29) is 0 Å². The largest absolute Gasteiger partial charge is 0.402 e. The van der Waals surface area contributed by atoms with Gasteiger partial charge in [-0.3, -0.25) is 0 Å². The summed E-state index contributed by atoms with van der Waals surface area (Å²) in [6.07, 6.45) is 3.93. The molecule has 0 aliphatic heterocycles. The molecule has 0 saturated heterocycles. The molecule has 1 aromatic rings. The molecule has 0 spiro atoms. The van der Waals surface area contributed by atoms with Crippen LogP contribution in [-0.4, -0.2) is 7.05 Å². The van der Waals surface area contributed by atoms with Crippen LogP contribution >= 0.6 is 0 Å². The summed E-state index contributed by atoms with van der Waals surface area (Å²) in [6, 6.07) is 10.2. The molecule has 1 aromatic carbocycles. The van der Waals surface area contributed by atoms with Crippen molar-refractivity contribution in [2.75, 3.05) is 11.9 Å². The summed E-state index contributed by atoms with van der Waals surface area (Å²) in [5, 5.41) is 0. The minimum Gasteiger partial charge on any atom is -0.402 e. The summed E-state index contributed by atoms with van der Waals surface area (Å²) in [5.74, 6) is 0. The third kappa shape index (κ3) is 3.50. The molecule has 0 unspecified atom stereocenters. The van der Waals surface area contributed by atoms with E-state index < -0.39 is 0 Å². The third-order valence-corrected chi connectivity index (χ3v) is 2.26. The maximum atomic E-state index is 5.58. The number of nitrogens with two attached hydrogens (primary N) is 1. The molecule has 80 valence electrons. The predicted octanol–water partition coefficient (Wildman–Crippen LogP) is 2.89. The van der Waals surface area contributed by atoms with Crippen LogP contribution in [0.2, 0.25) is 0 Å². The van der Waals surface area contributed by atoms with Crippen LogP contribution in [0.15, 0.2) is 53.9 Å². The quantitative estimate of drug-likeness (QED) is 0.764. The van der Waals surface area contributed by atoms with Gasteiger partial charge in [0.25, 0.3) is 0 Å². The van der Waals surface area contributed by atoms with Crippen LogP contribution in [0.5, 0.6) is 0 Å². The number of benzene rings is 1. The van der Waals surface area contributed by atoms with Crippen molar-refractivity contribution < 1.29 is 0 Å². The first-order chi connectivity index (χ1) is 7.11. The Kier molecular flexibility index (Phi) is 3.98. The summed E-state index contributed by atoms with van der Waals surface area (Å²) in [7, 11) is 2.04. The Balaban J connectivity index is 2.82. The van der Waals surface area contributed by atoms with Crippen molar-refractivity contribution in [1.29, 1.82) is 0 Å². The van der Waals surface area contributed by atoms with Gasteiger partial charge in [0.15, 0.2) is 0 Å². The Morgan fingerprint density at radius 1 is 1.13 bits per heavy atom. The molecule has 0 saturated carbocycles. The van der Waals surface area contributed by atoms with Crippen molar-refractivity contribution in [3.63, 3.8) is 0 Å². The van der Waals surface area contributed by atoms with Crippen molar-refractivity contribution in [2.24, 2.45) is 5.73 Å². The van der Waals surface area contributed by atoms with Gasteiger partial charge < -0.3 is 10.6 Å². The van der Waals surface area contributed by atoms with Crippen molar-refractivity contribution in [1.82, 2.24) is 0 Å². The highest BCUT2D eigenvalue weighted by molar-refractivity contribution is 5.50. The Morgan fingerprint density at radius 3 is 2.27 bits per heavy atom. The SMILES string of the molecule is C/C(N)=C\C=C(/C)N(C)c1ccccc1. The molecule has 2 nitrogen and oxygen atoms in total. The lowest BCUT2D eigenvalue weighted by molar-refractivity contribution is 1.09. The van der Waals surface area contributed by atoms with Gasteiger partial charge in [-0.05, 0) is 38.1 Å². The Morgan fingerprint density at radius 2 is 1.73 bits per heavy atom. The van der Waals surface area contributed by atoms with E-state index in [0.717, 1.165) is 11.4 Å². The standard InChI is InChI=1S/C13H18N2/c1-11(14)9-10-12(2)15(3)13-7-5-4-6-8-13/h4-10H,14H2,1-3H3/b11-9+,12-10+. The average molecular weight is 202 g/mol. The molecule has 1 rings (SSSR count). The summed E-state index contributed by atoms with van der Waals surface area (Å²) in [5.41, 5.74) is 8.73. The highest BCUT2D eigenvalue weighted by Crippen LogP contribution is 2.15. The first kappa shape index (κ1) is 11.4. The van der Waals surface area contributed by atoms with Gasteiger partial charge in [-0.25, -0.2) is 0 Å². The van der Waals surface area contributed by atoms with Gasteiger partial charge in [0.2, 0.25) is 0 Å². The minimum absolute atomic E-state index is 0.816. The first-order valence-electron chi connectivity index (χ1n) is 5.00. The first-order valence-corrected chi connectivity index (χ1v) is 5.00. The molecule has 0 aliphatic rings. The van der Waals surface area contributed by atoms with Crippen LogP contribution < -0.4 is 10.6 Å². The smallest absolute Gasteiger partial charge is 0.0405 e. The molecular weight excluding hydrogens is 184 g/mol. The molecular formula is C13H18N2. The predicted molar refractivity (Wildman–Crippen MR) is 66.5 cm³/mol. The molecule has 0 heterocycles. The number of hydrogen-bond donors (Lipinski definition) is 1. The lowest BCUT2D eigenvalue weighted by Gasteiger charge is -2.19. The van der Waals surface area contributed by atoms with E-state index in [1.54, 1.807) is 0 Å². The summed E-state index contributed by atoms with van der Waals surface area (Å²) in [4.78, 5) is 2.12. The second-order valence-electron chi connectivity index (χ2n) is 3.61. The van der Waals surface area contributed by atoms with Crippen molar-refractivity contribution >= 4 is 5.69 Å². The van der Waals surface area contributed by atoms with Crippen molar-refractivity contribution in [3.05, 3.63) is 53.9 Å².